The Balaban J connectivity index is 1.56. The van der Waals surface area contributed by atoms with E-state index in [0.29, 0.717) is 13.1 Å². The Morgan fingerprint density at radius 3 is 2.56 bits per heavy atom. The van der Waals surface area contributed by atoms with Gasteiger partial charge in [-0.1, -0.05) is 55.0 Å². The molecule has 2 amide bonds. The summed E-state index contributed by atoms with van der Waals surface area (Å²) in [5.41, 5.74) is 3.01. The van der Waals surface area contributed by atoms with Gasteiger partial charge in [-0.2, -0.15) is 0 Å². The first-order valence-electron chi connectivity index (χ1n) is 9.62. The van der Waals surface area contributed by atoms with Crippen LogP contribution in [-0.2, 0) is 21.0 Å². The van der Waals surface area contributed by atoms with Crippen LogP contribution in [0.3, 0.4) is 0 Å². The van der Waals surface area contributed by atoms with E-state index < -0.39 is 4.87 Å². The molecule has 5 heteroatoms. The number of para-hydroxylation sites is 1. The number of carbonyl (C=O) groups is 2. The van der Waals surface area contributed by atoms with Crippen LogP contribution in [0.2, 0.25) is 0 Å². The van der Waals surface area contributed by atoms with E-state index in [-0.39, 0.29) is 17.7 Å². The molecule has 4 nitrogen and oxygen atoms in total. The number of hydrogen-bond donors (Lipinski definition) is 0. The van der Waals surface area contributed by atoms with Crippen LogP contribution in [0.4, 0.5) is 5.69 Å². The van der Waals surface area contributed by atoms with Crippen molar-refractivity contribution in [2.75, 3.05) is 17.2 Å². The fourth-order valence-electron chi connectivity index (χ4n) is 4.39. The molecule has 1 unspecified atom stereocenters. The molecule has 0 N–H and O–H groups in total. The molecule has 1 spiro atoms. The second kappa shape index (κ2) is 6.41. The molecule has 0 bridgehead atoms. The lowest BCUT2D eigenvalue weighted by atomic mass is 9.84. The van der Waals surface area contributed by atoms with Crippen molar-refractivity contribution in [2.45, 2.75) is 30.7 Å². The Hall–Kier alpha value is -2.27. The number of rotatable bonds is 3. The van der Waals surface area contributed by atoms with Crippen molar-refractivity contribution < 1.29 is 9.59 Å². The van der Waals surface area contributed by atoms with Gasteiger partial charge in [-0.25, -0.2) is 0 Å². The van der Waals surface area contributed by atoms with Crippen molar-refractivity contribution in [1.82, 2.24) is 4.90 Å². The van der Waals surface area contributed by atoms with E-state index in [0.717, 1.165) is 41.8 Å². The van der Waals surface area contributed by atoms with Gasteiger partial charge in [-0.05, 0) is 24.5 Å². The Bertz CT molecular complexity index is 896. The van der Waals surface area contributed by atoms with Crippen LogP contribution in [0, 0.1) is 5.92 Å². The highest BCUT2D eigenvalue weighted by Crippen LogP contribution is 2.55. The number of amides is 2. The number of carbonyl (C=O) groups excluding carboxylic acids is 2. The third kappa shape index (κ3) is 2.44. The van der Waals surface area contributed by atoms with E-state index in [9.17, 15) is 9.59 Å². The summed E-state index contributed by atoms with van der Waals surface area (Å²) in [6, 6.07) is 18.0. The summed E-state index contributed by atoms with van der Waals surface area (Å²) in [7, 11) is 0. The van der Waals surface area contributed by atoms with Gasteiger partial charge in [0.2, 0.25) is 5.91 Å². The highest BCUT2D eigenvalue weighted by atomic mass is 32.2. The summed E-state index contributed by atoms with van der Waals surface area (Å²) in [5, 5.41) is 0. The smallest absolute Gasteiger partial charge is 0.268 e. The molecular formula is C22H22N2O2S. The van der Waals surface area contributed by atoms with Crippen molar-refractivity contribution in [2.24, 2.45) is 5.92 Å². The van der Waals surface area contributed by atoms with E-state index in [2.05, 4.69) is 0 Å². The molecule has 3 aliphatic rings. The SMILES string of the molecule is O=C(C1CCC1)N1CCSC12C(=O)N(Cc1ccccc1)c1ccccc12. The molecule has 27 heavy (non-hydrogen) atoms. The number of hydrogen-bond acceptors (Lipinski definition) is 3. The lowest BCUT2D eigenvalue weighted by molar-refractivity contribution is -0.145. The summed E-state index contributed by atoms with van der Waals surface area (Å²) < 4.78 is 0. The lowest BCUT2D eigenvalue weighted by Gasteiger charge is -2.37. The Morgan fingerprint density at radius 2 is 1.81 bits per heavy atom. The van der Waals surface area contributed by atoms with E-state index in [1.807, 2.05) is 64.4 Å². The lowest BCUT2D eigenvalue weighted by Crippen LogP contribution is -2.52. The predicted octanol–water partition coefficient (Wildman–Crippen LogP) is 3.76. The van der Waals surface area contributed by atoms with Crippen molar-refractivity contribution in [3.63, 3.8) is 0 Å². The molecule has 2 heterocycles. The highest BCUT2D eigenvalue weighted by Gasteiger charge is 2.59. The van der Waals surface area contributed by atoms with E-state index in [4.69, 9.17) is 0 Å². The predicted molar refractivity (Wildman–Crippen MR) is 107 cm³/mol. The van der Waals surface area contributed by atoms with Crippen LogP contribution in [-0.4, -0.2) is 29.0 Å². The third-order valence-electron chi connectivity index (χ3n) is 6.00. The number of anilines is 1. The summed E-state index contributed by atoms with van der Waals surface area (Å²) in [6.45, 7) is 1.18. The van der Waals surface area contributed by atoms with Crippen LogP contribution in [0.15, 0.2) is 54.6 Å². The topological polar surface area (TPSA) is 40.6 Å². The number of nitrogens with zero attached hydrogens (tertiary/aromatic N) is 2. The first-order valence-corrected chi connectivity index (χ1v) is 10.6. The number of fused-ring (bicyclic) bond motifs is 2. The van der Waals surface area contributed by atoms with Crippen molar-refractivity contribution in [3.8, 4) is 0 Å². The second-order valence-electron chi connectivity index (χ2n) is 7.50. The molecule has 138 valence electrons. The molecule has 1 saturated carbocycles. The second-order valence-corrected chi connectivity index (χ2v) is 8.79. The largest absolute Gasteiger partial charge is 0.315 e. The molecule has 1 saturated heterocycles. The highest BCUT2D eigenvalue weighted by molar-refractivity contribution is 8.01. The third-order valence-corrected chi connectivity index (χ3v) is 7.42. The molecule has 2 aromatic carbocycles. The van der Waals surface area contributed by atoms with Crippen LogP contribution in [0.25, 0.3) is 0 Å². The molecule has 2 aromatic rings. The van der Waals surface area contributed by atoms with Crippen molar-refractivity contribution >= 4 is 29.3 Å². The first-order chi connectivity index (χ1) is 13.2. The maximum absolute atomic E-state index is 13.7. The van der Waals surface area contributed by atoms with Gasteiger partial charge in [0.1, 0.15) is 0 Å². The number of thioether (sulfide) groups is 1. The van der Waals surface area contributed by atoms with Gasteiger partial charge in [-0.15, -0.1) is 11.8 Å². The van der Waals surface area contributed by atoms with Crippen molar-refractivity contribution in [3.05, 3.63) is 65.7 Å². The maximum Gasteiger partial charge on any atom is 0.268 e. The average molecular weight is 378 g/mol. The summed E-state index contributed by atoms with van der Waals surface area (Å²) in [5.74, 6) is 1.10. The minimum Gasteiger partial charge on any atom is -0.315 e. The van der Waals surface area contributed by atoms with Gasteiger partial charge in [0.05, 0.1) is 12.2 Å². The molecule has 2 fully saturated rings. The minimum atomic E-state index is -0.877. The molecule has 1 aliphatic carbocycles. The van der Waals surface area contributed by atoms with E-state index in [1.165, 1.54) is 0 Å². The monoisotopic (exact) mass is 378 g/mol. The van der Waals surface area contributed by atoms with Crippen LogP contribution < -0.4 is 4.90 Å². The molecule has 0 aromatic heterocycles. The molecule has 2 aliphatic heterocycles. The van der Waals surface area contributed by atoms with Gasteiger partial charge in [0.15, 0.2) is 4.87 Å². The summed E-state index contributed by atoms with van der Waals surface area (Å²) in [4.78, 5) is 29.8. The fourth-order valence-corrected chi connectivity index (χ4v) is 5.86. The van der Waals surface area contributed by atoms with Gasteiger partial charge in [0.25, 0.3) is 5.91 Å². The van der Waals surface area contributed by atoms with Gasteiger partial charge < -0.3 is 9.80 Å². The van der Waals surface area contributed by atoms with Crippen molar-refractivity contribution in [1.29, 1.82) is 0 Å². The Kier molecular flexibility index (Phi) is 4.01. The fraction of sp³-hybridized carbons (Fsp3) is 0.364. The molecular weight excluding hydrogens is 356 g/mol. The van der Waals surface area contributed by atoms with E-state index in [1.54, 1.807) is 11.8 Å². The Morgan fingerprint density at radius 1 is 1.07 bits per heavy atom. The number of benzene rings is 2. The zero-order chi connectivity index (χ0) is 18.4. The summed E-state index contributed by atoms with van der Waals surface area (Å²) >= 11 is 1.62. The normalized spacial score (nSPS) is 24.4. The van der Waals surface area contributed by atoms with Crippen LogP contribution in [0.5, 0.6) is 0 Å². The average Bonchev–Trinajstić information content (AvgIpc) is 3.19. The minimum absolute atomic E-state index is 0.0303. The quantitative estimate of drug-likeness (QED) is 0.816. The zero-order valence-electron chi connectivity index (χ0n) is 15.1. The first kappa shape index (κ1) is 16.9. The van der Waals surface area contributed by atoms with Gasteiger partial charge in [0, 0.05) is 23.8 Å². The van der Waals surface area contributed by atoms with Gasteiger partial charge in [-0.3, -0.25) is 9.59 Å². The zero-order valence-corrected chi connectivity index (χ0v) is 16.0. The Labute approximate surface area is 163 Å². The standard InChI is InChI=1S/C22H22N2O2S/c25-20(17-9-6-10-17)24-13-14-27-22(24)18-11-4-5-12-19(18)23(21(22)26)15-16-7-2-1-3-8-16/h1-5,7-8,11-12,17H,6,9-10,13-15H2. The van der Waals surface area contributed by atoms with E-state index >= 15 is 0 Å². The molecule has 5 rings (SSSR count). The van der Waals surface area contributed by atoms with Crippen LogP contribution >= 0.6 is 11.8 Å². The van der Waals surface area contributed by atoms with Gasteiger partial charge >= 0.3 is 0 Å². The molecule has 0 radical (unpaired) electrons. The summed E-state index contributed by atoms with van der Waals surface area (Å²) in [6.07, 6.45) is 3.04. The molecule has 1 atom stereocenters. The maximum atomic E-state index is 13.7. The van der Waals surface area contributed by atoms with Crippen LogP contribution in [0.1, 0.15) is 30.4 Å².